The highest BCUT2D eigenvalue weighted by Crippen LogP contribution is 2.25. The van der Waals surface area contributed by atoms with E-state index in [1.165, 1.54) is 25.7 Å². The molecule has 0 saturated heterocycles. The molecule has 2 rings (SSSR count). The topological polar surface area (TPSA) is 41.5 Å². The van der Waals surface area contributed by atoms with Gasteiger partial charge in [0.2, 0.25) is 0 Å². The fourth-order valence-electron chi connectivity index (χ4n) is 2.60. The Kier molecular flexibility index (Phi) is 3.42. The molecule has 2 unspecified atom stereocenters. The fourth-order valence-corrected chi connectivity index (χ4v) is 2.60. The van der Waals surface area contributed by atoms with Gasteiger partial charge in [-0.25, -0.2) is 0 Å². The van der Waals surface area contributed by atoms with Crippen LogP contribution in [0.15, 0.2) is 0 Å². The van der Waals surface area contributed by atoms with E-state index in [9.17, 15) is 5.11 Å². The van der Waals surface area contributed by atoms with Crippen LogP contribution in [0.5, 0.6) is 0 Å². The van der Waals surface area contributed by atoms with Crippen molar-refractivity contribution < 1.29 is 9.84 Å². The fraction of sp³-hybridized carbons (Fsp3) is 1.00. The highest BCUT2D eigenvalue weighted by Gasteiger charge is 2.32. The van der Waals surface area contributed by atoms with E-state index in [-0.39, 0.29) is 6.10 Å². The normalized spacial score (nSPS) is 43.3. The first kappa shape index (κ1) is 10.4. The zero-order valence-corrected chi connectivity index (χ0v) is 8.91. The highest BCUT2D eigenvalue weighted by atomic mass is 16.5. The maximum atomic E-state index is 9.20. The van der Waals surface area contributed by atoms with Crippen molar-refractivity contribution in [2.45, 2.75) is 62.8 Å². The van der Waals surface area contributed by atoms with Crippen LogP contribution in [-0.2, 0) is 4.74 Å². The first-order valence-corrected chi connectivity index (χ1v) is 5.76. The molecule has 0 spiro atoms. The Morgan fingerprint density at radius 1 is 1.21 bits per heavy atom. The quantitative estimate of drug-likeness (QED) is 0.714. The maximum Gasteiger partial charge on any atom is 0.0724 e. The molecule has 3 heteroatoms. The number of hydrogen-bond acceptors (Lipinski definition) is 3. The van der Waals surface area contributed by atoms with E-state index in [4.69, 9.17) is 4.74 Å². The molecule has 2 aliphatic rings. The van der Waals surface area contributed by atoms with Crippen LogP contribution in [0.3, 0.4) is 0 Å². The first-order chi connectivity index (χ1) is 6.79. The van der Waals surface area contributed by atoms with Crippen LogP contribution in [0.4, 0.5) is 0 Å². The van der Waals surface area contributed by atoms with Crippen LogP contribution < -0.4 is 5.32 Å². The number of hydrogen-bond donors (Lipinski definition) is 2. The number of methoxy groups -OCH3 is 1. The van der Waals surface area contributed by atoms with Crippen molar-refractivity contribution in [1.82, 2.24) is 5.32 Å². The predicted octanol–water partition coefficient (Wildman–Crippen LogP) is 1.06. The molecule has 0 aromatic heterocycles. The predicted molar refractivity (Wildman–Crippen MR) is 55.2 cm³/mol. The van der Waals surface area contributed by atoms with Gasteiger partial charge in [0.15, 0.2) is 0 Å². The average molecular weight is 199 g/mol. The summed E-state index contributed by atoms with van der Waals surface area (Å²) in [6.45, 7) is 0. The summed E-state index contributed by atoms with van der Waals surface area (Å²) >= 11 is 0. The molecule has 2 atom stereocenters. The highest BCUT2D eigenvalue weighted by molar-refractivity contribution is 4.91. The van der Waals surface area contributed by atoms with E-state index in [1.54, 1.807) is 7.11 Å². The van der Waals surface area contributed by atoms with Gasteiger partial charge < -0.3 is 15.2 Å². The molecule has 14 heavy (non-hydrogen) atoms. The molecule has 2 saturated carbocycles. The lowest BCUT2D eigenvalue weighted by Gasteiger charge is -2.39. The van der Waals surface area contributed by atoms with Crippen LogP contribution in [0, 0.1) is 0 Å². The zero-order valence-electron chi connectivity index (χ0n) is 8.91. The molecular weight excluding hydrogens is 178 g/mol. The SMILES string of the molecule is COC1CCCCC1NC1CC(O)C1. The van der Waals surface area contributed by atoms with Crippen LogP contribution in [0.2, 0.25) is 0 Å². The Bertz CT molecular complexity index is 180. The lowest BCUT2D eigenvalue weighted by molar-refractivity contribution is 0.0110. The summed E-state index contributed by atoms with van der Waals surface area (Å²) in [5.74, 6) is 0. The van der Waals surface area contributed by atoms with Crippen molar-refractivity contribution >= 4 is 0 Å². The summed E-state index contributed by atoms with van der Waals surface area (Å²) in [7, 11) is 1.81. The Hall–Kier alpha value is -0.120. The average Bonchev–Trinajstić information content (AvgIpc) is 2.16. The van der Waals surface area contributed by atoms with Gasteiger partial charge in [-0.15, -0.1) is 0 Å². The lowest BCUT2D eigenvalue weighted by Crippen LogP contribution is -2.53. The number of aliphatic hydroxyl groups excluding tert-OH is 1. The lowest BCUT2D eigenvalue weighted by atomic mass is 9.86. The minimum absolute atomic E-state index is 0.0583. The molecule has 0 bridgehead atoms. The summed E-state index contributed by atoms with van der Waals surface area (Å²) in [5.41, 5.74) is 0. The molecule has 3 nitrogen and oxygen atoms in total. The molecule has 0 aliphatic heterocycles. The number of nitrogens with one attached hydrogen (secondary N) is 1. The number of ether oxygens (including phenoxy) is 1. The molecule has 0 aromatic carbocycles. The second-order valence-corrected chi connectivity index (χ2v) is 4.65. The van der Waals surface area contributed by atoms with E-state index in [0.29, 0.717) is 18.2 Å². The second kappa shape index (κ2) is 4.60. The van der Waals surface area contributed by atoms with E-state index < -0.39 is 0 Å². The van der Waals surface area contributed by atoms with Crippen LogP contribution in [0.25, 0.3) is 0 Å². The standard InChI is InChI=1S/C11H21NO2/c1-14-11-5-3-2-4-10(11)12-8-6-9(13)7-8/h8-13H,2-7H2,1H3. The summed E-state index contributed by atoms with van der Waals surface area (Å²) in [5, 5.41) is 12.8. The van der Waals surface area contributed by atoms with Crippen molar-refractivity contribution in [1.29, 1.82) is 0 Å². The van der Waals surface area contributed by atoms with Crippen molar-refractivity contribution in [3.05, 3.63) is 0 Å². The Labute approximate surface area is 85.8 Å². The molecule has 0 aromatic rings. The molecular formula is C11H21NO2. The zero-order chi connectivity index (χ0) is 9.97. The van der Waals surface area contributed by atoms with Crippen molar-refractivity contribution in [3.8, 4) is 0 Å². The molecule has 0 heterocycles. The molecule has 0 radical (unpaired) electrons. The van der Waals surface area contributed by atoms with Gasteiger partial charge in [-0.1, -0.05) is 12.8 Å². The first-order valence-electron chi connectivity index (χ1n) is 5.76. The third kappa shape index (κ3) is 2.27. The van der Waals surface area contributed by atoms with Gasteiger partial charge >= 0.3 is 0 Å². The minimum atomic E-state index is -0.0583. The van der Waals surface area contributed by atoms with Crippen molar-refractivity contribution in [2.75, 3.05) is 7.11 Å². The second-order valence-electron chi connectivity index (χ2n) is 4.65. The van der Waals surface area contributed by atoms with Gasteiger partial charge in [0, 0.05) is 19.2 Å². The third-order valence-electron chi connectivity index (χ3n) is 3.57. The molecule has 82 valence electrons. The van der Waals surface area contributed by atoms with Crippen LogP contribution in [0.1, 0.15) is 38.5 Å². The summed E-state index contributed by atoms with van der Waals surface area (Å²) < 4.78 is 5.48. The number of rotatable bonds is 3. The van der Waals surface area contributed by atoms with Crippen molar-refractivity contribution in [2.24, 2.45) is 0 Å². The van der Waals surface area contributed by atoms with Gasteiger partial charge in [-0.2, -0.15) is 0 Å². The smallest absolute Gasteiger partial charge is 0.0724 e. The summed E-state index contributed by atoms with van der Waals surface area (Å²) in [6.07, 6.45) is 7.20. The van der Waals surface area contributed by atoms with Crippen molar-refractivity contribution in [3.63, 3.8) is 0 Å². The van der Waals surface area contributed by atoms with Gasteiger partial charge in [0.25, 0.3) is 0 Å². The van der Waals surface area contributed by atoms with Crippen LogP contribution >= 0.6 is 0 Å². The monoisotopic (exact) mass is 199 g/mol. The maximum absolute atomic E-state index is 9.20. The molecule has 2 N–H and O–H groups in total. The van der Waals surface area contributed by atoms with Gasteiger partial charge in [0.1, 0.15) is 0 Å². The van der Waals surface area contributed by atoms with Gasteiger partial charge in [-0.3, -0.25) is 0 Å². The molecule has 2 fully saturated rings. The number of aliphatic hydroxyl groups is 1. The summed E-state index contributed by atoms with van der Waals surface area (Å²) in [4.78, 5) is 0. The third-order valence-corrected chi connectivity index (χ3v) is 3.57. The molecule has 2 aliphatic carbocycles. The van der Waals surface area contributed by atoms with E-state index in [0.717, 1.165) is 12.8 Å². The van der Waals surface area contributed by atoms with E-state index >= 15 is 0 Å². The Balaban J connectivity index is 1.77. The van der Waals surface area contributed by atoms with Crippen LogP contribution in [-0.4, -0.2) is 36.5 Å². The Morgan fingerprint density at radius 2 is 1.93 bits per heavy atom. The van der Waals surface area contributed by atoms with Gasteiger partial charge in [-0.05, 0) is 25.7 Å². The van der Waals surface area contributed by atoms with Gasteiger partial charge in [0.05, 0.1) is 12.2 Å². The Morgan fingerprint density at radius 3 is 2.57 bits per heavy atom. The minimum Gasteiger partial charge on any atom is -0.393 e. The summed E-state index contributed by atoms with van der Waals surface area (Å²) in [6, 6.07) is 1.05. The molecule has 0 amide bonds. The van der Waals surface area contributed by atoms with E-state index in [1.807, 2.05) is 0 Å². The largest absolute Gasteiger partial charge is 0.393 e. The van der Waals surface area contributed by atoms with E-state index in [2.05, 4.69) is 5.32 Å².